The molecule has 0 aliphatic carbocycles. The van der Waals surface area contributed by atoms with E-state index in [0.717, 1.165) is 18.1 Å². The summed E-state index contributed by atoms with van der Waals surface area (Å²) in [5.74, 6) is 2.34. The smallest absolute Gasteiger partial charge is 0.251 e. The zero-order valence-corrected chi connectivity index (χ0v) is 14.2. The predicted octanol–water partition coefficient (Wildman–Crippen LogP) is 3.48. The van der Waals surface area contributed by atoms with Crippen LogP contribution in [0.4, 0.5) is 5.82 Å². The second-order valence-corrected chi connectivity index (χ2v) is 6.27. The number of nitrogens with one attached hydrogen (secondary N) is 2. The molecule has 0 saturated heterocycles. The lowest BCUT2D eigenvalue weighted by Crippen LogP contribution is -2.34. The molecule has 0 spiro atoms. The Kier molecular flexibility index (Phi) is 6.66. The van der Waals surface area contributed by atoms with Gasteiger partial charge in [0.15, 0.2) is 0 Å². The number of hydrogen-bond donors (Lipinski definition) is 2. The van der Waals surface area contributed by atoms with E-state index in [4.69, 9.17) is 0 Å². The molecule has 2 N–H and O–H groups in total. The molecule has 1 rings (SSSR count). The average molecular weight is 291 g/mol. The minimum atomic E-state index is -0.0223. The van der Waals surface area contributed by atoms with E-state index in [1.165, 1.54) is 0 Å². The first-order valence-electron chi connectivity index (χ1n) is 7.85. The number of carbonyl (C=O) groups excluding carboxylic acids is 1. The van der Waals surface area contributed by atoms with Gasteiger partial charge in [0.1, 0.15) is 5.82 Å². The number of anilines is 1. The number of carbonyl (C=O) groups is 1. The van der Waals surface area contributed by atoms with E-state index in [2.05, 4.69) is 43.3 Å². The van der Waals surface area contributed by atoms with Crippen molar-refractivity contribution >= 4 is 11.7 Å². The Bertz CT molecular complexity index is 461. The van der Waals surface area contributed by atoms with Crippen molar-refractivity contribution in [3.63, 3.8) is 0 Å². The van der Waals surface area contributed by atoms with Gasteiger partial charge in [-0.2, -0.15) is 0 Å². The number of pyridine rings is 1. The number of aryl methyl sites for hydroxylation is 1. The molecule has 1 aromatic heterocycles. The molecule has 4 heteroatoms. The summed E-state index contributed by atoms with van der Waals surface area (Å²) in [6, 6.07) is 3.64. The number of amides is 1. The lowest BCUT2D eigenvalue weighted by Gasteiger charge is -2.25. The van der Waals surface area contributed by atoms with Crippen LogP contribution in [0, 0.1) is 24.7 Å². The predicted molar refractivity (Wildman–Crippen MR) is 88.6 cm³/mol. The van der Waals surface area contributed by atoms with Crippen molar-refractivity contribution in [2.75, 3.05) is 18.4 Å². The molecular weight excluding hydrogens is 262 g/mol. The Morgan fingerprint density at radius 3 is 2.33 bits per heavy atom. The number of rotatable bonds is 7. The fourth-order valence-corrected chi connectivity index (χ4v) is 2.63. The highest BCUT2D eigenvalue weighted by atomic mass is 16.1. The third kappa shape index (κ3) is 5.37. The van der Waals surface area contributed by atoms with Crippen LogP contribution in [-0.4, -0.2) is 24.0 Å². The van der Waals surface area contributed by atoms with Gasteiger partial charge in [0.2, 0.25) is 0 Å². The highest BCUT2D eigenvalue weighted by molar-refractivity contribution is 5.95. The van der Waals surface area contributed by atoms with Crippen molar-refractivity contribution in [2.45, 2.75) is 41.5 Å². The van der Waals surface area contributed by atoms with Crippen molar-refractivity contribution in [3.8, 4) is 0 Å². The van der Waals surface area contributed by atoms with Gasteiger partial charge in [-0.05, 0) is 43.7 Å². The molecule has 1 heterocycles. The molecule has 0 fully saturated rings. The molecule has 4 nitrogen and oxygen atoms in total. The van der Waals surface area contributed by atoms with E-state index in [0.29, 0.717) is 29.9 Å². The summed E-state index contributed by atoms with van der Waals surface area (Å²) in [7, 11) is 0. The third-order valence-electron chi connectivity index (χ3n) is 3.78. The van der Waals surface area contributed by atoms with Crippen molar-refractivity contribution in [1.82, 2.24) is 10.3 Å². The maximum absolute atomic E-state index is 12.3. The van der Waals surface area contributed by atoms with Crippen LogP contribution in [0.25, 0.3) is 0 Å². The van der Waals surface area contributed by atoms with Gasteiger partial charge in [0.05, 0.1) is 0 Å². The standard InChI is InChI=1S/C17H29N3O/c1-7-18-16-9-14(8-13(6)20-16)17(21)19-10-15(11(2)3)12(4)5/h8-9,11-12,15H,7,10H2,1-6H3,(H,18,20)(H,19,21). The first-order chi connectivity index (χ1) is 9.85. The Labute approximate surface area is 128 Å². The number of nitrogens with zero attached hydrogens (tertiary/aromatic N) is 1. The topological polar surface area (TPSA) is 54.0 Å². The van der Waals surface area contributed by atoms with Gasteiger partial charge < -0.3 is 10.6 Å². The molecule has 0 saturated carbocycles. The monoisotopic (exact) mass is 291 g/mol. The molecule has 0 aliphatic heterocycles. The second-order valence-electron chi connectivity index (χ2n) is 6.27. The van der Waals surface area contributed by atoms with E-state index >= 15 is 0 Å². The third-order valence-corrected chi connectivity index (χ3v) is 3.78. The van der Waals surface area contributed by atoms with Crippen LogP contribution < -0.4 is 10.6 Å². The molecule has 0 bridgehead atoms. The molecule has 118 valence electrons. The van der Waals surface area contributed by atoms with E-state index in [-0.39, 0.29) is 5.91 Å². The van der Waals surface area contributed by atoms with Gasteiger partial charge in [-0.15, -0.1) is 0 Å². The van der Waals surface area contributed by atoms with Gasteiger partial charge >= 0.3 is 0 Å². The summed E-state index contributed by atoms with van der Waals surface area (Å²) in [5, 5.41) is 6.22. The Hall–Kier alpha value is -1.58. The summed E-state index contributed by atoms with van der Waals surface area (Å²) < 4.78 is 0. The first-order valence-corrected chi connectivity index (χ1v) is 7.85. The van der Waals surface area contributed by atoms with Crippen LogP contribution in [0.2, 0.25) is 0 Å². The molecule has 0 aliphatic rings. The maximum atomic E-state index is 12.3. The zero-order chi connectivity index (χ0) is 16.0. The molecule has 1 aromatic rings. The Balaban J connectivity index is 2.75. The second kappa shape index (κ2) is 8.01. The lowest BCUT2D eigenvalue weighted by atomic mass is 9.85. The SMILES string of the molecule is CCNc1cc(C(=O)NCC(C(C)C)C(C)C)cc(C)n1. The number of hydrogen-bond acceptors (Lipinski definition) is 3. The highest BCUT2D eigenvalue weighted by Crippen LogP contribution is 2.19. The molecule has 1 amide bonds. The Morgan fingerprint density at radius 1 is 1.19 bits per heavy atom. The van der Waals surface area contributed by atoms with Crippen molar-refractivity contribution in [2.24, 2.45) is 17.8 Å². The van der Waals surface area contributed by atoms with Gasteiger partial charge in [-0.1, -0.05) is 27.7 Å². The maximum Gasteiger partial charge on any atom is 0.251 e. The minimum absolute atomic E-state index is 0.0223. The summed E-state index contributed by atoms with van der Waals surface area (Å²) in [4.78, 5) is 16.7. The van der Waals surface area contributed by atoms with E-state index < -0.39 is 0 Å². The van der Waals surface area contributed by atoms with E-state index in [1.54, 1.807) is 0 Å². The van der Waals surface area contributed by atoms with Crippen molar-refractivity contribution in [3.05, 3.63) is 23.4 Å². The average Bonchev–Trinajstić information content (AvgIpc) is 2.37. The zero-order valence-electron chi connectivity index (χ0n) is 14.2. The highest BCUT2D eigenvalue weighted by Gasteiger charge is 2.18. The summed E-state index contributed by atoms with van der Waals surface area (Å²) in [5.41, 5.74) is 1.52. The fourth-order valence-electron chi connectivity index (χ4n) is 2.63. The number of aromatic nitrogens is 1. The normalized spacial score (nSPS) is 11.3. The van der Waals surface area contributed by atoms with Crippen LogP contribution in [0.15, 0.2) is 12.1 Å². The summed E-state index contributed by atoms with van der Waals surface area (Å²) in [6.45, 7) is 14.2. The molecule has 0 aromatic carbocycles. The quantitative estimate of drug-likeness (QED) is 0.808. The van der Waals surface area contributed by atoms with Crippen LogP contribution in [0.1, 0.15) is 50.7 Å². The van der Waals surface area contributed by atoms with Gasteiger partial charge in [-0.25, -0.2) is 4.98 Å². The van der Waals surface area contributed by atoms with Crippen molar-refractivity contribution < 1.29 is 4.79 Å². The van der Waals surface area contributed by atoms with Crippen molar-refractivity contribution in [1.29, 1.82) is 0 Å². The minimum Gasteiger partial charge on any atom is -0.370 e. The van der Waals surface area contributed by atoms with Crippen LogP contribution in [0.5, 0.6) is 0 Å². The lowest BCUT2D eigenvalue weighted by molar-refractivity contribution is 0.0937. The molecule has 21 heavy (non-hydrogen) atoms. The fraction of sp³-hybridized carbons (Fsp3) is 0.647. The summed E-state index contributed by atoms with van der Waals surface area (Å²) >= 11 is 0. The molecule has 0 radical (unpaired) electrons. The van der Waals surface area contributed by atoms with Crippen LogP contribution in [-0.2, 0) is 0 Å². The van der Waals surface area contributed by atoms with Crippen LogP contribution >= 0.6 is 0 Å². The molecular formula is C17H29N3O. The van der Waals surface area contributed by atoms with E-state index in [9.17, 15) is 4.79 Å². The van der Waals surface area contributed by atoms with Gasteiger partial charge in [-0.3, -0.25) is 4.79 Å². The largest absolute Gasteiger partial charge is 0.370 e. The first kappa shape index (κ1) is 17.5. The van der Waals surface area contributed by atoms with Gasteiger partial charge in [0, 0.05) is 24.3 Å². The van der Waals surface area contributed by atoms with E-state index in [1.807, 2.05) is 26.0 Å². The van der Waals surface area contributed by atoms with Gasteiger partial charge in [0.25, 0.3) is 5.91 Å². The van der Waals surface area contributed by atoms with Crippen LogP contribution in [0.3, 0.4) is 0 Å². The summed E-state index contributed by atoms with van der Waals surface area (Å²) in [6.07, 6.45) is 0. The molecule has 0 atom stereocenters. The molecule has 0 unspecified atom stereocenters. The Morgan fingerprint density at radius 2 is 1.81 bits per heavy atom.